The van der Waals surface area contributed by atoms with Crippen molar-refractivity contribution in [2.45, 2.75) is 27.7 Å². The molecule has 0 aliphatic rings. The summed E-state index contributed by atoms with van der Waals surface area (Å²) in [5.74, 6) is 1.14. The Morgan fingerprint density at radius 1 is 0.912 bits per heavy atom. The van der Waals surface area contributed by atoms with Gasteiger partial charge >= 0.3 is 0 Å². The second kappa shape index (κ2) is 9.53. The Balaban J connectivity index is 1.82. The highest BCUT2D eigenvalue weighted by Crippen LogP contribution is 2.44. The predicted molar refractivity (Wildman–Crippen MR) is 135 cm³/mol. The summed E-state index contributed by atoms with van der Waals surface area (Å²) in [6, 6.07) is 14.6. The molecular weight excluding hydrogens is 448 g/mol. The molecule has 4 rings (SSSR count). The molecule has 172 valence electrons. The molecule has 5 nitrogen and oxygen atoms in total. The zero-order valence-electron chi connectivity index (χ0n) is 19.3. The van der Waals surface area contributed by atoms with Crippen molar-refractivity contribution >= 4 is 39.8 Å². The van der Waals surface area contributed by atoms with Gasteiger partial charge in [-0.1, -0.05) is 23.8 Å². The summed E-state index contributed by atoms with van der Waals surface area (Å²) in [5, 5.41) is 10.8. The fourth-order valence-corrected chi connectivity index (χ4v) is 5.11. The zero-order valence-corrected chi connectivity index (χ0v) is 20.2. The number of benzene rings is 3. The number of hydrogen-bond donors (Lipinski definition) is 1. The molecule has 0 atom stereocenters. The third-order valence-electron chi connectivity index (χ3n) is 5.54. The summed E-state index contributed by atoms with van der Waals surface area (Å²) >= 11 is 1.31. The Hall–Kier alpha value is -3.90. The van der Waals surface area contributed by atoms with Gasteiger partial charge in [0.25, 0.3) is 6.47 Å². The third-order valence-corrected chi connectivity index (χ3v) is 6.67. The van der Waals surface area contributed by atoms with Gasteiger partial charge in [0.05, 0.1) is 6.26 Å². The lowest BCUT2D eigenvalue weighted by Gasteiger charge is -2.14. The van der Waals surface area contributed by atoms with Crippen LogP contribution in [0.1, 0.15) is 43.1 Å². The van der Waals surface area contributed by atoms with E-state index in [1.807, 2.05) is 58.0 Å². The van der Waals surface area contributed by atoms with E-state index >= 15 is 0 Å². The van der Waals surface area contributed by atoms with Crippen molar-refractivity contribution in [1.29, 1.82) is 0 Å². The van der Waals surface area contributed by atoms with Gasteiger partial charge in [-0.25, -0.2) is 0 Å². The van der Waals surface area contributed by atoms with Crippen molar-refractivity contribution in [2.75, 3.05) is 0 Å². The number of carbonyl (C=O) groups is 2. The maximum Gasteiger partial charge on any atom is 0.297 e. The highest BCUT2D eigenvalue weighted by Gasteiger charge is 2.24. The lowest BCUT2D eigenvalue weighted by atomic mass is 10.0. The number of aryl methyl sites for hydroxylation is 4. The number of phenols is 1. The van der Waals surface area contributed by atoms with E-state index in [-0.39, 0.29) is 11.5 Å². The van der Waals surface area contributed by atoms with Crippen LogP contribution in [0.25, 0.3) is 16.2 Å². The smallest absolute Gasteiger partial charge is 0.297 e. The molecule has 0 unspecified atom stereocenters. The number of aromatic hydroxyl groups is 1. The molecule has 0 spiro atoms. The van der Waals surface area contributed by atoms with Crippen LogP contribution in [0.2, 0.25) is 0 Å². The standard InChI is InChI=1S/C28H24O5S/c1-16-5-7-22(17(2)11-16)25(31)28-27(23-8-6-21(30)14-24(23)34-28)33-26-18(3)12-20(13-19(26)4)9-10-32-15-29/h5-15,30H,1-4H3/b10-9+. The lowest BCUT2D eigenvalue weighted by Crippen LogP contribution is -2.04. The predicted octanol–water partition coefficient (Wildman–Crippen LogP) is 7.01. The number of fused-ring (bicyclic) bond motifs is 1. The van der Waals surface area contributed by atoms with Gasteiger partial charge in [-0.15, -0.1) is 11.3 Å². The van der Waals surface area contributed by atoms with Crippen molar-refractivity contribution in [3.05, 3.63) is 93.1 Å². The molecule has 3 aromatic carbocycles. The molecule has 0 amide bonds. The maximum absolute atomic E-state index is 13.6. The minimum absolute atomic E-state index is 0.117. The topological polar surface area (TPSA) is 72.8 Å². The van der Waals surface area contributed by atoms with Crippen LogP contribution in [-0.2, 0) is 9.53 Å². The fourth-order valence-electron chi connectivity index (χ4n) is 4.00. The van der Waals surface area contributed by atoms with Crippen molar-refractivity contribution in [2.24, 2.45) is 0 Å². The number of ketones is 1. The molecule has 0 saturated carbocycles. The monoisotopic (exact) mass is 472 g/mol. The minimum atomic E-state index is -0.117. The van der Waals surface area contributed by atoms with E-state index in [1.54, 1.807) is 24.3 Å². The Morgan fingerprint density at radius 3 is 2.32 bits per heavy atom. The summed E-state index contributed by atoms with van der Waals surface area (Å²) in [6.07, 6.45) is 3.01. The first-order chi connectivity index (χ1) is 16.3. The quantitative estimate of drug-likeness (QED) is 0.178. The molecule has 1 aromatic heterocycles. The van der Waals surface area contributed by atoms with Crippen LogP contribution >= 0.6 is 11.3 Å². The first-order valence-electron chi connectivity index (χ1n) is 10.7. The summed E-state index contributed by atoms with van der Waals surface area (Å²) in [7, 11) is 0. The van der Waals surface area contributed by atoms with Crippen LogP contribution < -0.4 is 4.74 Å². The van der Waals surface area contributed by atoms with Crippen LogP contribution in [0.3, 0.4) is 0 Å². The van der Waals surface area contributed by atoms with E-state index in [4.69, 9.17) is 4.74 Å². The van der Waals surface area contributed by atoms with Gasteiger partial charge in [0, 0.05) is 15.6 Å². The zero-order chi connectivity index (χ0) is 24.4. The van der Waals surface area contributed by atoms with Crippen LogP contribution in [0, 0.1) is 27.7 Å². The molecule has 0 aliphatic heterocycles. The highest BCUT2D eigenvalue weighted by molar-refractivity contribution is 7.21. The van der Waals surface area contributed by atoms with Crippen LogP contribution in [-0.4, -0.2) is 17.4 Å². The minimum Gasteiger partial charge on any atom is -0.508 e. The molecule has 0 bridgehead atoms. The molecule has 6 heteroatoms. The van der Waals surface area contributed by atoms with Crippen LogP contribution in [0.4, 0.5) is 0 Å². The summed E-state index contributed by atoms with van der Waals surface area (Å²) < 4.78 is 11.9. The van der Waals surface area contributed by atoms with Crippen LogP contribution in [0.5, 0.6) is 17.2 Å². The van der Waals surface area contributed by atoms with Crippen molar-refractivity contribution in [3.63, 3.8) is 0 Å². The van der Waals surface area contributed by atoms with E-state index in [2.05, 4.69) is 4.74 Å². The van der Waals surface area contributed by atoms with Crippen LogP contribution in [0.15, 0.2) is 54.8 Å². The van der Waals surface area contributed by atoms with Gasteiger partial charge < -0.3 is 14.6 Å². The molecule has 4 aromatic rings. The molecule has 0 aliphatic carbocycles. The molecule has 0 saturated heterocycles. The van der Waals surface area contributed by atoms with Gasteiger partial charge in [-0.3, -0.25) is 9.59 Å². The molecule has 0 fully saturated rings. The van der Waals surface area contributed by atoms with Crippen molar-refractivity contribution < 1.29 is 24.2 Å². The lowest BCUT2D eigenvalue weighted by molar-refractivity contribution is -0.123. The maximum atomic E-state index is 13.6. The number of thiophene rings is 1. The SMILES string of the molecule is Cc1ccc(C(=O)c2sc3cc(O)ccc3c2Oc2c(C)cc(/C=C/OC=O)cc2C)c(C)c1. The van der Waals surface area contributed by atoms with E-state index < -0.39 is 0 Å². The summed E-state index contributed by atoms with van der Waals surface area (Å²) in [4.78, 5) is 24.5. The molecular formula is C28H24O5S. The summed E-state index contributed by atoms with van der Waals surface area (Å²) in [6.45, 7) is 8.13. The number of rotatable bonds is 7. The van der Waals surface area contributed by atoms with Gasteiger partial charge in [0.1, 0.15) is 16.4 Å². The Kier molecular flexibility index (Phi) is 6.52. The largest absolute Gasteiger partial charge is 0.508 e. The second-order valence-corrected chi connectivity index (χ2v) is 9.26. The first kappa shape index (κ1) is 23.3. The van der Waals surface area contributed by atoms with E-state index in [9.17, 15) is 14.7 Å². The van der Waals surface area contributed by atoms with E-state index in [0.29, 0.717) is 28.4 Å². The first-order valence-corrected chi connectivity index (χ1v) is 11.5. The highest BCUT2D eigenvalue weighted by atomic mass is 32.1. The van der Waals surface area contributed by atoms with Gasteiger partial charge in [-0.05, 0) is 86.4 Å². The average molecular weight is 473 g/mol. The Morgan fingerprint density at radius 2 is 1.65 bits per heavy atom. The number of ether oxygens (including phenoxy) is 2. The van der Waals surface area contributed by atoms with Crippen molar-refractivity contribution in [3.8, 4) is 17.2 Å². The number of phenolic OH excluding ortho intramolecular Hbond substituents is 1. The Labute approximate surface area is 201 Å². The number of hydrogen-bond acceptors (Lipinski definition) is 6. The second-order valence-electron chi connectivity index (χ2n) is 8.21. The normalized spacial score (nSPS) is 11.2. The summed E-state index contributed by atoms with van der Waals surface area (Å²) in [5.41, 5.74) is 5.21. The molecule has 34 heavy (non-hydrogen) atoms. The molecule has 1 heterocycles. The number of carbonyl (C=O) groups excluding carboxylic acids is 2. The fraction of sp³-hybridized carbons (Fsp3) is 0.143. The van der Waals surface area contributed by atoms with Gasteiger partial charge in [0.15, 0.2) is 5.75 Å². The van der Waals surface area contributed by atoms with Crippen molar-refractivity contribution in [1.82, 2.24) is 0 Å². The van der Waals surface area contributed by atoms with Gasteiger partial charge in [-0.2, -0.15) is 0 Å². The third kappa shape index (κ3) is 4.58. The van der Waals surface area contributed by atoms with Gasteiger partial charge in [0.2, 0.25) is 5.78 Å². The van der Waals surface area contributed by atoms with E-state index in [0.717, 1.165) is 37.9 Å². The Bertz CT molecular complexity index is 1420. The van der Waals surface area contributed by atoms with E-state index in [1.165, 1.54) is 17.6 Å². The molecule has 0 radical (unpaired) electrons. The average Bonchev–Trinajstić information content (AvgIpc) is 3.13. The molecule has 1 N–H and O–H groups in total.